The molecule has 0 nitrogen and oxygen atoms in total. The van der Waals surface area contributed by atoms with E-state index in [-0.39, 0.29) is 0 Å². The lowest BCUT2D eigenvalue weighted by molar-refractivity contribution is 1.33. The van der Waals surface area contributed by atoms with Gasteiger partial charge in [-0.2, -0.15) is 0 Å². The molecule has 0 amide bonds. The van der Waals surface area contributed by atoms with Crippen LogP contribution in [0.3, 0.4) is 0 Å². The SMILES string of the molecule is C=Cc1cc(C)c(CCl)c2cc3ccccc3cc12. The van der Waals surface area contributed by atoms with Crippen LogP contribution in [0.15, 0.2) is 49.0 Å². The first-order chi connectivity index (χ1) is 9.24. The Morgan fingerprint density at radius 3 is 2.26 bits per heavy atom. The summed E-state index contributed by atoms with van der Waals surface area (Å²) in [5, 5.41) is 4.98. The van der Waals surface area contributed by atoms with Crippen molar-refractivity contribution in [3.8, 4) is 0 Å². The van der Waals surface area contributed by atoms with Crippen molar-refractivity contribution in [2.45, 2.75) is 12.8 Å². The van der Waals surface area contributed by atoms with E-state index >= 15 is 0 Å². The Morgan fingerprint density at radius 1 is 1.05 bits per heavy atom. The zero-order chi connectivity index (χ0) is 13.4. The summed E-state index contributed by atoms with van der Waals surface area (Å²) in [6.07, 6.45) is 1.92. The van der Waals surface area contributed by atoms with Gasteiger partial charge in [-0.05, 0) is 57.3 Å². The highest BCUT2D eigenvalue weighted by Crippen LogP contribution is 2.31. The van der Waals surface area contributed by atoms with Crippen molar-refractivity contribution in [3.63, 3.8) is 0 Å². The third kappa shape index (κ3) is 1.93. The first kappa shape index (κ1) is 12.3. The van der Waals surface area contributed by atoms with E-state index in [4.69, 9.17) is 11.6 Å². The number of rotatable bonds is 2. The predicted molar refractivity (Wildman–Crippen MR) is 85.8 cm³/mol. The van der Waals surface area contributed by atoms with E-state index in [0.29, 0.717) is 5.88 Å². The molecular weight excluding hydrogens is 252 g/mol. The lowest BCUT2D eigenvalue weighted by Gasteiger charge is -2.12. The summed E-state index contributed by atoms with van der Waals surface area (Å²) in [7, 11) is 0. The van der Waals surface area contributed by atoms with Crippen LogP contribution in [-0.2, 0) is 5.88 Å². The molecule has 3 rings (SSSR count). The van der Waals surface area contributed by atoms with Crippen LogP contribution < -0.4 is 0 Å². The second-order valence-corrected chi connectivity index (χ2v) is 5.11. The van der Waals surface area contributed by atoms with Gasteiger partial charge < -0.3 is 0 Å². The van der Waals surface area contributed by atoms with E-state index in [9.17, 15) is 0 Å². The van der Waals surface area contributed by atoms with Gasteiger partial charge in [0.1, 0.15) is 0 Å². The molecule has 0 spiro atoms. The van der Waals surface area contributed by atoms with E-state index < -0.39 is 0 Å². The van der Waals surface area contributed by atoms with Crippen LogP contribution in [-0.4, -0.2) is 0 Å². The van der Waals surface area contributed by atoms with Crippen LogP contribution in [0.5, 0.6) is 0 Å². The molecule has 0 bridgehead atoms. The second-order valence-electron chi connectivity index (χ2n) is 4.84. The average Bonchev–Trinajstić information content (AvgIpc) is 2.44. The standard InChI is InChI=1S/C18H15Cl/c1-3-13-8-12(2)18(11-19)17-10-15-7-5-4-6-14(15)9-16(13)17/h3-10H,1,11H2,2H3. The predicted octanol–water partition coefficient (Wildman–Crippen LogP) is 5.68. The number of hydrogen-bond donors (Lipinski definition) is 0. The number of aryl methyl sites for hydroxylation is 1. The lowest BCUT2D eigenvalue weighted by Crippen LogP contribution is -1.91. The van der Waals surface area contributed by atoms with Crippen molar-refractivity contribution in [2.24, 2.45) is 0 Å². The highest BCUT2D eigenvalue weighted by molar-refractivity contribution is 6.18. The number of fused-ring (bicyclic) bond motifs is 2. The quantitative estimate of drug-likeness (QED) is 0.413. The zero-order valence-corrected chi connectivity index (χ0v) is 11.7. The normalized spacial score (nSPS) is 11.1. The molecular formula is C18H15Cl. The maximum atomic E-state index is 6.13. The molecule has 94 valence electrons. The number of benzene rings is 3. The van der Waals surface area contributed by atoms with Crippen molar-refractivity contribution in [2.75, 3.05) is 0 Å². The molecule has 0 aliphatic carbocycles. The number of alkyl halides is 1. The molecule has 3 aromatic carbocycles. The molecule has 0 atom stereocenters. The molecule has 1 heteroatoms. The molecule has 0 aromatic heterocycles. The minimum Gasteiger partial charge on any atom is -0.122 e. The van der Waals surface area contributed by atoms with Crippen LogP contribution in [0.1, 0.15) is 16.7 Å². The fourth-order valence-corrected chi connectivity index (χ4v) is 3.04. The van der Waals surface area contributed by atoms with Crippen LogP contribution in [0.4, 0.5) is 0 Å². The van der Waals surface area contributed by atoms with Crippen LogP contribution in [0.25, 0.3) is 27.6 Å². The van der Waals surface area contributed by atoms with Crippen molar-refractivity contribution in [3.05, 3.63) is 65.7 Å². The van der Waals surface area contributed by atoms with Crippen LogP contribution in [0.2, 0.25) is 0 Å². The number of halogens is 1. The Morgan fingerprint density at radius 2 is 1.68 bits per heavy atom. The van der Waals surface area contributed by atoms with Gasteiger partial charge in [-0.15, -0.1) is 11.6 Å². The molecule has 0 fully saturated rings. The summed E-state index contributed by atoms with van der Waals surface area (Å²) in [5.74, 6) is 0.540. The zero-order valence-electron chi connectivity index (χ0n) is 10.9. The molecule has 0 saturated heterocycles. The molecule has 0 aliphatic rings. The number of hydrogen-bond acceptors (Lipinski definition) is 0. The van der Waals surface area contributed by atoms with Crippen molar-refractivity contribution >= 4 is 39.2 Å². The van der Waals surface area contributed by atoms with E-state index in [1.165, 1.54) is 38.2 Å². The maximum absolute atomic E-state index is 6.13. The van der Waals surface area contributed by atoms with Gasteiger partial charge in [0.2, 0.25) is 0 Å². The highest BCUT2D eigenvalue weighted by atomic mass is 35.5. The molecule has 19 heavy (non-hydrogen) atoms. The smallest absolute Gasteiger partial charge is 0.0482 e. The van der Waals surface area contributed by atoms with Crippen molar-refractivity contribution in [1.29, 1.82) is 0 Å². The van der Waals surface area contributed by atoms with Gasteiger partial charge in [-0.3, -0.25) is 0 Å². The summed E-state index contributed by atoms with van der Waals surface area (Å²) < 4.78 is 0. The minimum absolute atomic E-state index is 0.540. The van der Waals surface area contributed by atoms with E-state index in [1.807, 2.05) is 6.08 Å². The summed E-state index contributed by atoms with van der Waals surface area (Å²) in [6, 6.07) is 15.1. The van der Waals surface area contributed by atoms with Crippen molar-refractivity contribution < 1.29 is 0 Å². The molecule has 3 aromatic rings. The van der Waals surface area contributed by atoms with E-state index in [0.717, 1.165) is 0 Å². The summed E-state index contributed by atoms with van der Waals surface area (Å²) in [4.78, 5) is 0. The fraction of sp³-hybridized carbons (Fsp3) is 0.111. The largest absolute Gasteiger partial charge is 0.122 e. The first-order valence-electron chi connectivity index (χ1n) is 6.38. The molecule has 0 unspecified atom stereocenters. The van der Waals surface area contributed by atoms with Crippen LogP contribution >= 0.6 is 11.6 Å². The second kappa shape index (κ2) is 4.71. The summed E-state index contributed by atoms with van der Waals surface area (Å²) in [6.45, 7) is 6.04. The topological polar surface area (TPSA) is 0 Å². The lowest BCUT2D eigenvalue weighted by atomic mass is 9.93. The highest BCUT2D eigenvalue weighted by Gasteiger charge is 2.08. The Bertz CT molecular complexity index is 784. The molecule has 0 radical (unpaired) electrons. The van der Waals surface area contributed by atoms with Gasteiger partial charge in [-0.1, -0.05) is 43.0 Å². The Labute approximate surface area is 118 Å². The molecule has 0 heterocycles. The minimum atomic E-state index is 0.540. The average molecular weight is 267 g/mol. The van der Waals surface area contributed by atoms with Gasteiger partial charge in [0, 0.05) is 5.88 Å². The Hall–Kier alpha value is -1.79. The van der Waals surface area contributed by atoms with Gasteiger partial charge in [-0.25, -0.2) is 0 Å². The van der Waals surface area contributed by atoms with E-state index in [2.05, 4.69) is 56.0 Å². The fourth-order valence-electron chi connectivity index (χ4n) is 2.69. The molecule has 0 aliphatic heterocycles. The van der Waals surface area contributed by atoms with Gasteiger partial charge in [0.15, 0.2) is 0 Å². The third-order valence-corrected chi connectivity index (χ3v) is 3.99. The van der Waals surface area contributed by atoms with Gasteiger partial charge in [0.25, 0.3) is 0 Å². The van der Waals surface area contributed by atoms with Gasteiger partial charge in [0.05, 0.1) is 0 Å². The maximum Gasteiger partial charge on any atom is 0.0482 e. The summed E-state index contributed by atoms with van der Waals surface area (Å²) >= 11 is 6.13. The van der Waals surface area contributed by atoms with Gasteiger partial charge >= 0.3 is 0 Å². The molecule has 0 N–H and O–H groups in total. The summed E-state index contributed by atoms with van der Waals surface area (Å²) in [5.41, 5.74) is 3.62. The van der Waals surface area contributed by atoms with E-state index in [1.54, 1.807) is 0 Å². The molecule has 0 saturated carbocycles. The van der Waals surface area contributed by atoms with Crippen LogP contribution in [0, 0.1) is 6.92 Å². The monoisotopic (exact) mass is 266 g/mol. The van der Waals surface area contributed by atoms with Crippen molar-refractivity contribution in [1.82, 2.24) is 0 Å². The Kier molecular flexibility index (Phi) is 3.04. The first-order valence-corrected chi connectivity index (χ1v) is 6.91. The Balaban J connectivity index is 2.54. The third-order valence-electron chi connectivity index (χ3n) is 3.72.